The Morgan fingerprint density at radius 2 is 1.97 bits per heavy atom. The van der Waals surface area contributed by atoms with Gasteiger partial charge in [-0.2, -0.15) is 5.10 Å². The molecule has 0 bridgehead atoms. The lowest BCUT2D eigenvalue weighted by Gasteiger charge is -2.26. The summed E-state index contributed by atoms with van der Waals surface area (Å²) in [6, 6.07) is 14.0. The Morgan fingerprint density at radius 1 is 1.09 bits per heavy atom. The molecule has 3 heterocycles. The third-order valence-corrected chi connectivity index (χ3v) is 7.08. The van der Waals surface area contributed by atoms with Crippen molar-refractivity contribution >= 4 is 16.8 Å². The smallest absolute Gasteiger partial charge is 0.253 e. The fourth-order valence-corrected chi connectivity index (χ4v) is 5.11. The second-order valence-electron chi connectivity index (χ2n) is 9.37. The lowest BCUT2D eigenvalue weighted by Crippen LogP contribution is -2.38. The largest absolute Gasteiger partial charge is 0.492 e. The van der Waals surface area contributed by atoms with Gasteiger partial charge in [0.25, 0.3) is 5.91 Å². The lowest BCUT2D eigenvalue weighted by molar-refractivity contribution is 0.0322. The molecule has 0 radical (unpaired) electrons. The average Bonchev–Trinajstić information content (AvgIpc) is 3.25. The number of nitrogens with one attached hydrogen (secondary N) is 1. The van der Waals surface area contributed by atoms with E-state index in [-0.39, 0.29) is 5.91 Å². The summed E-state index contributed by atoms with van der Waals surface area (Å²) in [5, 5.41) is 8.47. The van der Waals surface area contributed by atoms with Gasteiger partial charge in [0.1, 0.15) is 12.4 Å². The summed E-state index contributed by atoms with van der Waals surface area (Å²) < 4.78 is 11.4. The number of H-pyrrole nitrogens is 1. The van der Waals surface area contributed by atoms with Crippen molar-refractivity contribution in [2.75, 3.05) is 52.5 Å². The van der Waals surface area contributed by atoms with Gasteiger partial charge in [0.15, 0.2) is 0 Å². The van der Waals surface area contributed by atoms with Crippen molar-refractivity contribution < 1.29 is 14.3 Å². The van der Waals surface area contributed by atoms with Gasteiger partial charge in [0, 0.05) is 43.7 Å². The number of hydrogen-bond donors (Lipinski definition) is 1. The quantitative estimate of drug-likeness (QED) is 0.579. The van der Waals surface area contributed by atoms with E-state index in [9.17, 15) is 4.79 Å². The predicted octanol–water partition coefficient (Wildman–Crippen LogP) is 3.76. The highest BCUT2D eigenvalue weighted by atomic mass is 16.5. The number of hydrogen-bond acceptors (Lipinski definition) is 5. The molecule has 2 aliphatic heterocycles. The summed E-state index contributed by atoms with van der Waals surface area (Å²) in [6.45, 7) is 6.60. The number of benzene rings is 2. The molecule has 7 nitrogen and oxygen atoms in total. The zero-order chi connectivity index (χ0) is 23.2. The van der Waals surface area contributed by atoms with Gasteiger partial charge in [-0.15, -0.1) is 0 Å². The summed E-state index contributed by atoms with van der Waals surface area (Å²) in [6.07, 6.45) is 6.16. The van der Waals surface area contributed by atoms with Crippen LogP contribution in [0.3, 0.4) is 0 Å². The van der Waals surface area contributed by atoms with E-state index < -0.39 is 0 Å². The van der Waals surface area contributed by atoms with E-state index in [1.807, 2.05) is 35.4 Å². The van der Waals surface area contributed by atoms with Crippen LogP contribution in [-0.4, -0.2) is 78.4 Å². The third-order valence-electron chi connectivity index (χ3n) is 7.08. The van der Waals surface area contributed by atoms with E-state index in [0.29, 0.717) is 18.1 Å². The maximum Gasteiger partial charge on any atom is 0.253 e. The first kappa shape index (κ1) is 22.9. The van der Waals surface area contributed by atoms with Gasteiger partial charge in [0.05, 0.1) is 24.9 Å². The van der Waals surface area contributed by atoms with E-state index in [4.69, 9.17) is 9.47 Å². The first-order chi connectivity index (χ1) is 16.8. The van der Waals surface area contributed by atoms with Crippen LogP contribution in [0.2, 0.25) is 0 Å². The summed E-state index contributed by atoms with van der Waals surface area (Å²) in [5.41, 5.74) is 3.15. The van der Waals surface area contributed by atoms with E-state index in [2.05, 4.69) is 33.3 Å². The van der Waals surface area contributed by atoms with Crippen molar-refractivity contribution in [1.82, 2.24) is 20.0 Å². The van der Waals surface area contributed by atoms with Crippen LogP contribution >= 0.6 is 0 Å². The second kappa shape index (κ2) is 11.0. The molecule has 2 aliphatic rings. The van der Waals surface area contributed by atoms with Gasteiger partial charge in [-0.3, -0.25) is 14.8 Å². The van der Waals surface area contributed by atoms with E-state index >= 15 is 0 Å². The van der Waals surface area contributed by atoms with Gasteiger partial charge in [-0.25, -0.2) is 0 Å². The van der Waals surface area contributed by atoms with Crippen LogP contribution in [0, 0.1) is 5.92 Å². The Kier molecular flexibility index (Phi) is 7.41. The molecule has 2 aromatic carbocycles. The van der Waals surface area contributed by atoms with Crippen LogP contribution in [0.5, 0.6) is 5.75 Å². The van der Waals surface area contributed by atoms with Crippen molar-refractivity contribution in [3.63, 3.8) is 0 Å². The van der Waals surface area contributed by atoms with Crippen LogP contribution in [0.4, 0.5) is 0 Å². The minimum atomic E-state index is 0.108. The van der Waals surface area contributed by atoms with Crippen molar-refractivity contribution in [3.05, 3.63) is 59.8 Å². The Bertz CT molecular complexity index is 1090. The Balaban J connectivity index is 1.15. The lowest BCUT2D eigenvalue weighted by atomic mass is 9.91. The predicted molar refractivity (Wildman–Crippen MR) is 132 cm³/mol. The van der Waals surface area contributed by atoms with E-state index in [1.54, 1.807) is 0 Å². The monoisotopic (exact) mass is 462 g/mol. The molecular weight excluding hydrogens is 428 g/mol. The molecule has 5 rings (SSSR count). The number of aromatic amines is 1. The molecular formula is C27H34N4O3. The minimum Gasteiger partial charge on any atom is -0.492 e. The number of ether oxygens (including phenoxy) is 2. The second-order valence-corrected chi connectivity index (χ2v) is 9.37. The number of carbonyl (C=O) groups excluding carboxylic acids is 1. The zero-order valence-corrected chi connectivity index (χ0v) is 19.7. The highest BCUT2D eigenvalue weighted by Gasteiger charge is 2.23. The standard InChI is InChI=1S/C27H34N4O3/c32-27(23-6-1-7-24(19-23)34-17-14-30-12-15-33-16-13-30)31-10-3-4-21(9-11-31)18-22-5-2-8-26-25(22)20-28-29-26/h1-2,5-8,19-21H,3-4,9-18H2,(H,28,29)/t21-/m0/s1. The molecule has 0 unspecified atom stereocenters. The number of likely N-dealkylation sites (tertiary alicyclic amines) is 1. The van der Waals surface area contributed by atoms with E-state index in [1.165, 1.54) is 10.9 Å². The maximum absolute atomic E-state index is 13.3. The number of carbonyl (C=O) groups is 1. The van der Waals surface area contributed by atoms with Crippen LogP contribution in [0.15, 0.2) is 48.7 Å². The number of rotatable bonds is 7. The first-order valence-electron chi connectivity index (χ1n) is 12.5. The van der Waals surface area contributed by atoms with Crippen molar-refractivity contribution in [1.29, 1.82) is 0 Å². The number of amides is 1. The molecule has 1 atom stereocenters. The van der Waals surface area contributed by atoms with Crippen LogP contribution in [0.1, 0.15) is 35.2 Å². The van der Waals surface area contributed by atoms with Crippen LogP contribution in [0.25, 0.3) is 10.9 Å². The SMILES string of the molecule is O=C(c1cccc(OCCN2CCOCC2)c1)N1CCC[C@H](Cc2cccc3[nH]ncc23)CC1. The van der Waals surface area contributed by atoms with Gasteiger partial charge in [-0.05, 0) is 61.4 Å². The molecule has 34 heavy (non-hydrogen) atoms. The Morgan fingerprint density at radius 3 is 2.88 bits per heavy atom. The molecule has 180 valence electrons. The first-order valence-corrected chi connectivity index (χ1v) is 12.5. The molecule has 1 aromatic heterocycles. The Labute approximate surface area is 201 Å². The van der Waals surface area contributed by atoms with Crippen molar-refractivity contribution in [2.24, 2.45) is 5.92 Å². The number of aromatic nitrogens is 2. The highest BCUT2D eigenvalue weighted by molar-refractivity contribution is 5.94. The Hall–Kier alpha value is -2.90. The number of fused-ring (bicyclic) bond motifs is 1. The minimum absolute atomic E-state index is 0.108. The fourth-order valence-electron chi connectivity index (χ4n) is 5.11. The molecule has 7 heteroatoms. The summed E-state index contributed by atoms with van der Waals surface area (Å²) in [5.74, 6) is 1.45. The van der Waals surface area contributed by atoms with E-state index in [0.717, 1.165) is 82.9 Å². The zero-order valence-electron chi connectivity index (χ0n) is 19.7. The summed E-state index contributed by atoms with van der Waals surface area (Å²) in [4.78, 5) is 17.6. The van der Waals surface area contributed by atoms with Gasteiger partial charge >= 0.3 is 0 Å². The van der Waals surface area contributed by atoms with Crippen molar-refractivity contribution in [2.45, 2.75) is 25.7 Å². The summed E-state index contributed by atoms with van der Waals surface area (Å²) >= 11 is 0. The molecule has 2 fully saturated rings. The molecule has 0 spiro atoms. The van der Waals surface area contributed by atoms with Crippen LogP contribution < -0.4 is 4.74 Å². The molecule has 1 amide bonds. The van der Waals surface area contributed by atoms with Gasteiger partial charge in [-0.1, -0.05) is 18.2 Å². The summed E-state index contributed by atoms with van der Waals surface area (Å²) in [7, 11) is 0. The van der Waals surface area contributed by atoms with Gasteiger partial charge in [0.2, 0.25) is 0 Å². The number of nitrogens with zero attached hydrogens (tertiary/aromatic N) is 3. The normalized spacial score (nSPS) is 19.8. The molecule has 0 aliphatic carbocycles. The van der Waals surface area contributed by atoms with Gasteiger partial charge < -0.3 is 14.4 Å². The fraction of sp³-hybridized carbons (Fsp3) is 0.481. The molecule has 3 aromatic rings. The topological polar surface area (TPSA) is 70.7 Å². The number of morpholine rings is 1. The maximum atomic E-state index is 13.3. The molecule has 2 saturated heterocycles. The molecule has 1 N–H and O–H groups in total. The third kappa shape index (κ3) is 5.59. The van der Waals surface area contributed by atoms with Crippen molar-refractivity contribution in [3.8, 4) is 5.75 Å². The molecule has 0 saturated carbocycles. The highest BCUT2D eigenvalue weighted by Crippen LogP contribution is 2.26. The average molecular weight is 463 g/mol. The van der Waals surface area contributed by atoms with Crippen LogP contribution in [-0.2, 0) is 11.2 Å².